The maximum absolute atomic E-state index is 13.0. The van der Waals surface area contributed by atoms with Crippen molar-refractivity contribution in [1.29, 1.82) is 0 Å². The van der Waals surface area contributed by atoms with Gasteiger partial charge < -0.3 is 14.8 Å². The van der Waals surface area contributed by atoms with Gasteiger partial charge in [0.1, 0.15) is 11.3 Å². The summed E-state index contributed by atoms with van der Waals surface area (Å²) in [5.41, 5.74) is 3.53. The van der Waals surface area contributed by atoms with Gasteiger partial charge in [-0.2, -0.15) is 0 Å². The van der Waals surface area contributed by atoms with Gasteiger partial charge in [0.05, 0.1) is 23.7 Å². The number of amides is 1. The van der Waals surface area contributed by atoms with Crippen LogP contribution in [0.4, 0.5) is 0 Å². The van der Waals surface area contributed by atoms with Gasteiger partial charge in [-0.25, -0.2) is 9.78 Å². The van der Waals surface area contributed by atoms with Crippen LogP contribution in [0.2, 0.25) is 5.02 Å². The van der Waals surface area contributed by atoms with E-state index in [2.05, 4.69) is 10.3 Å². The van der Waals surface area contributed by atoms with Crippen LogP contribution in [0.1, 0.15) is 50.4 Å². The van der Waals surface area contributed by atoms with E-state index in [9.17, 15) is 9.59 Å². The number of rotatable bonds is 6. The Morgan fingerprint density at radius 3 is 2.42 bits per heavy atom. The van der Waals surface area contributed by atoms with Gasteiger partial charge >= 0.3 is 5.97 Å². The minimum absolute atomic E-state index is 0.169. The third kappa shape index (κ3) is 5.41. The Labute approximate surface area is 186 Å². The van der Waals surface area contributed by atoms with Crippen LogP contribution in [0.3, 0.4) is 0 Å². The van der Waals surface area contributed by atoms with Crippen LogP contribution < -0.4 is 10.1 Å². The van der Waals surface area contributed by atoms with Crippen LogP contribution in [-0.2, 0) is 4.74 Å². The number of methoxy groups -OCH3 is 1. The van der Waals surface area contributed by atoms with E-state index in [1.807, 2.05) is 39.0 Å². The number of aryl methyl sites for hydroxylation is 2. The summed E-state index contributed by atoms with van der Waals surface area (Å²) in [5, 5.41) is 3.25. The Bertz CT molecular complexity index is 1110. The van der Waals surface area contributed by atoms with Crippen LogP contribution in [0, 0.1) is 13.8 Å². The molecule has 3 aromatic rings. The third-order valence-corrected chi connectivity index (χ3v) is 4.99. The standard InChI is InChI=1S/C24H23ClN2O4/c1-14-5-10-21(15(2)11-14)31-23-20(12-19(25)13-26-23)22(28)27-16(3)17-6-8-18(9-7-17)24(29)30-4/h5-13,16H,1-4H3,(H,27,28)/t16-/m0/s1. The number of benzene rings is 2. The van der Waals surface area contributed by atoms with Gasteiger partial charge in [-0.15, -0.1) is 0 Å². The molecule has 0 spiro atoms. The van der Waals surface area contributed by atoms with Gasteiger partial charge in [-0.1, -0.05) is 41.4 Å². The normalized spacial score (nSPS) is 11.5. The monoisotopic (exact) mass is 438 g/mol. The molecule has 1 N–H and O–H groups in total. The predicted octanol–water partition coefficient (Wildman–Crippen LogP) is 5.42. The van der Waals surface area contributed by atoms with Crippen molar-refractivity contribution in [1.82, 2.24) is 10.3 Å². The maximum Gasteiger partial charge on any atom is 0.337 e. The van der Waals surface area contributed by atoms with E-state index in [-0.39, 0.29) is 23.4 Å². The average molecular weight is 439 g/mol. The zero-order valence-electron chi connectivity index (χ0n) is 17.7. The summed E-state index contributed by atoms with van der Waals surface area (Å²) in [6, 6.07) is 13.8. The summed E-state index contributed by atoms with van der Waals surface area (Å²) in [4.78, 5) is 28.8. The Hall–Kier alpha value is -3.38. The number of pyridine rings is 1. The van der Waals surface area contributed by atoms with E-state index in [1.54, 1.807) is 24.3 Å². The first-order valence-corrected chi connectivity index (χ1v) is 10.1. The highest BCUT2D eigenvalue weighted by atomic mass is 35.5. The quantitative estimate of drug-likeness (QED) is 0.520. The number of nitrogens with one attached hydrogen (secondary N) is 1. The van der Waals surface area contributed by atoms with Crippen molar-refractivity contribution in [3.63, 3.8) is 0 Å². The van der Waals surface area contributed by atoms with Gasteiger partial charge in [0.15, 0.2) is 0 Å². The summed E-state index contributed by atoms with van der Waals surface area (Å²) in [6.45, 7) is 5.76. The van der Waals surface area contributed by atoms with Crippen LogP contribution in [-0.4, -0.2) is 24.0 Å². The summed E-state index contributed by atoms with van der Waals surface area (Å²) in [6.07, 6.45) is 1.44. The fourth-order valence-corrected chi connectivity index (χ4v) is 3.23. The molecule has 2 aromatic carbocycles. The lowest BCUT2D eigenvalue weighted by molar-refractivity contribution is 0.0600. The Kier molecular flexibility index (Phi) is 6.92. The van der Waals surface area contributed by atoms with E-state index < -0.39 is 5.97 Å². The zero-order chi connectivity index (χ0) is 22.5. The molecule has 6 nitrogen and oxygen atoms in total. The molecule has 0 aliphatic heterocycles. The Balaban J connectivity index is 1.81. The minimum atomic E-state index is -0.415. The predicted molar refractivity (Wildman–Crippen MR) is 119 cm³/mol. The molecule has 1 amide bonds. The lowest BCUT2D eigenvalue weighted by Crippen LogP contribution is -2.27. The van der Waals surface area contributed by atoms with Crippen LogP contribution in [0.5, 0.6) is 11.6 Å². The Morgan fingerprint density at radius 1 is 1.06 bits per heavy atom. The SMILES string of the molecule is COC(=O)c1ccc([C@H](C)NC(=O)c2cc(Cl)cnc2Oc2ccc(C)cc2C)cc1. The van der Waals surface area contributed by atoms with Crippen molar-refractivity contribution in [2.45, 2.75) is 26.8 Å². The zero-order valence-corrected chi connectivity index (χ0v) is 18.5. The molecule has 0 radical (unpaired) electrons. The number of esters is 1. The van der Waals surface area contributed by atoms with Crippen LogP contribution in [0.15, 0.2) is 54.7 Å². The highest BCUT2D eigenvalue weighted by molar-refractivity contribution is 6.30. The van der Waals surface area contributed by atoms with Crippen molar-refractivity contribution < 1.29 is 19.1 Å². The molecule has 0 unspecified atom stereocenters. The Morgan fingerprint density at radius 2 is 1.77 bits per heavy atom. The lowest BCUT2D eigenvalue weighted by atomic mass is 10.1. The number of hydrogen-bond acceptors (Lipinski definition) is 5. The minimum Gasteiger partial charge on any atom is -0.465 e. The second kappa shape index (κ2) is 9.62. The number of halogens is 1. The number of aromatic nitrogens is 1. The van der Waals surface area contributed by atoms with Crippen molar-refractivity contribution in [3.05, 3.63) is 87.6 Å². The van der Waals surface area contributed by atoms with E-state index in [4.69, 9.17) is 21.1 Å². The van der Waals surface area contributed by atoms with Crippen molar-refractivity contribution in [2.75, 3.05) is 7.11 Å². The average Bonchev–Trinajstić information content (AvgIpc) is 2.76. The van der Waals surface area contributed by atoms with Crippen LogP contribution >= 0.6 is 11.6 Å². The molecule has 0 aliphatic rings. The largest absolute Gasteiger partial charge is 0.465 e. The van der Waals surface area contributed by atoms with Gasteiger partial charge in [0.25, 0.3) is 5.91 Å². The number of carbonyl (C=O) groups is 2. The molecule has 0 bridgehead atoms. The highest BCUT2D eigenvalue weighted by Gasteiger charge is 2.19. The molecular weight excluding hydrogens is 416 g/mol. The summed E-state index contributed by atoms with van der Waals surface area (Å²) in [7, 11) is 1.33. The fourth-order valence-electron chi connectivity index (χ4n) is 3.07. The first kappa shape index (κ1) is 22.3. The third-order valence-electron chi connectivity index (χ3n) is 4.78. The van der Waals surface area contributed by atoms with Crippen molar-refractivity contribution in [2.24, 2.45) is 0 Å². The van der Waals surface area contributed by atoms with Gasteiger partial charge in [-0.3, -0.25) is 4.79 Å². The highest BCUT2D eigenvalue weighted by Crippen LogP contribution is 2.29. The molecule has 1 aromatic heterocycles. The van der Waals surface area contributed by atoms with Gasteiger partial charge in [0, 0.05) is 6.20 Å². The van der Waals surface area contributed by atoms with Crippen LogP contribution in [0.25, 0.3) is 0 Å². The molecule has 0 saturated heterocycles. The molecule has 3 rings (SSSR count). The van der Waals surface area contributed by atoms with Crippen molar-refractivity contribution in [3.8, 4) is 11.6 Å². The second-order valence-electron chi connectivity index (χ2n) is 7.19. The smallest absolute Gasteiger partial charge is 0.337 e. The molecular formula is C24H23ClN2O4. The van der Waals surface area contributed by atoms with Gasteiger partial charge in [0.2, 0.25) is 5.88 Å². The molecule has 1 heterocycles. The lowest BCUT2D eigenvalue weighted by Gasteiger charge is -2.17. The molecule has 0 fully saturated rings. The van der Waals surface area contributed by atoms with Gasteiger partial charge in [-0.05, 0) is 56.2 Å². The number of nitrogens with zero attached hydrogens (tertiary/aromatic N) is 1. The first-order valence-electron chi connectivity index (χ1n) is 9.68. The second-order valence-corrected chi connectivity index (χ2v) is 7.62. The number of carbonyl (C=O) groups excluding carboxylic acids is 2. The molecule has 0 saturated carbocycles. The molecule has 0 aliphatic carbocycles. The molecule has 1 atom stereocenters. The summed E-state index contributed by atoms with van der Waals surface area (Å²) in [5.74, 6) is -0.0104. The molecule has 160 valence electrons. The molecule has 31 heavy (non-hydrogen) atoms. The topological polar surface area (TPSA) is 77.5 Å². The molecule has 7 heteroatoms. The van der Waals surface area contributed by atoms with E-state index in [0.29, 0.717) is 16.3 Å². The van der Waals surface area contributed by atoms with E-state index >= 15 is 0 Å². The van der Waals surface area contributed by atoms with E-state index in [0.717, 1.165) is 16.7 Å². The number of ether oxygens (including phenoxy) is 2. The number of hydrogen-bond donors (Lipinski definition) is 1. The maximum atomic E-state index is 13.0. The first-order chi connectivity index (χ1) is 14.8. The van der Waals surface area contributed by atoms with Crippen molar-refractivity contribution >= 4 is 23.5 Å². The summed E-state index contributed by atoms with van der Waals surface area (Å²) >= 11 is 6.09. The summed E-state index contributed by atoms with van der Waals surface area (Å²) < 4.78 is 10.6. The van der Waals surface area contributed by atoms with E-state index in [1.165, 1.54) is 19.4 Å². The fraction of sp³-hybridized carbons (Fsp3) is 0.208.